The van der Waals surface area contributed by atoms with Gasteiger partial charge < -0.3 is 4.90 Å². The zero-order valence-electron chi connectivity index (χ0n) is 10.9. The lowest BCUT2D eigenvalue weighted by Crippen LogP contribution is -2.35. The number of likely N-dealkylation sites (tertiary alicyclic amines) is 1. The molecule has 0 unspecified atom stereocenters. The Morgan fingerprint density at radius 1 is 1.39 bits per heavy atom. The summed E-state index contributed by atoms with van der Waals surface area (Å²) >= 11 is 3.38. The van der Waals surface area contributed by atoms with Crippen LogP contribution in [0.1, 0.15) is 36.5 Å². The molecule has 2 rings (SSSR count). The maximum Gasteiger partial charge on any atom is 0.164 e. The molecule has 1 aliphatic heterocycles. The van der Waals surface area contributed by atoms with E-state index in [2.05, 4.69) is 27.8 Å². The van der Waals surface area contributed by atoms with E-state index in [0.717, 1.165) is 35.6 Å². The van der Waals surface area contributed by atoms with Crippen LogP contribution in [0.25, 0.3) is 0 Å². The first-order valence-electron chi connectivity index (χ1n) is 6.66. The summed E-state index contributed by atoms with van der Waals surface area (Å²) in [5.74, 6) is 1.03. The van der Waals surface area contributed by atoms with Gasteiger partial charge >= 0.3 is 0 Å². The molecule has 3 heteroatoms. The predicted octanol–water partition coefficient (Wildman–Crippen LogP) is 3.75. The first kappa shape index (κ1) is 13.8. The lowest BCUT2D eigenvalue weighted by molar-refractivity contribution is 0.0949. The molecule has 18 heavy (non-hydrogen) atoms. The van der Waals surface area contributed by atoms with Crippen LogP contribution in [0.15, 0.2) is 28.7 Å². The molecule has 0 amide bonds. The second kappa shape index (κ2) is 6.48. The van der Waals surface area contributed by atoms with E-state index in [4.69, 9.17) is 0 Å². The molecule has 0 spiro atoms. The third-order valence-electron chi connectivity index (χ3n) is 3.56. The van der Waals surface area contributed by atoms with Gasteiger partial charge in [-0.05, 0) is 37.4 Å². The second-order valence-corrected chi connectivity index (χ2v) is 6.14. The zero-order chi connectivity index (χ0) is 13.0. The number of nitrogens with zero attached hydrogens (tertiary/aromatic N) is 1. The van der Waals surface area contributed by atoms with E-state index in [9.17, 15) is 4.79 Å². The average Bonchev–Trinajstić information content (AvgIpc) is 2.37. The molecule has 0 saturated carbocycles. The summed E-state index contributed by atoms with van der Waals surface area (Å²) in [6.45, 7) is 5.49. The molecule has 1 aromatic rings. The van der Waals surface area contributed by atoms with Crippen molar-refractivity contribution < 1.29 is 4.79 Å². The third kappa shape index (κ3) is 3.92. The number of carbonyl (C=O) groups excluding carboxylic acids is 1. The highest BCUT2D eigenvalue weighted by molar-refractivity contribution is 9.10. The average molecular weight is 310 g/mol. The first-order valence-corrected chi connectivity index (χ1v) is 7.45. The van der Waals surface area contributed by atoms with Gasteiger partial charge in [0.25, 0.3) is 0 Å². The molecule has 1 aliphatic rings. The van der Waals surface area contributed by atoms with Gasteiger partial charge in [-0.3, -0.25) is 4.79 Å². The summed E-state index contributed by atoms with van der Waals surface area (Å²) in [5.41, 5.74) is 0.822. The largest absolute Gasteiger partial charge is 0.303 e. The van der Waals surface area contributed by atoms with Crippen LogP contribution in [0, 0.1) is 5.92 Å². The Morgan fingerprint density at radius 2 is 2.11 bits per heavy atom. The van der Waals surface area contributed by atoms with E-state index in [-0.39, 0.29) is 5.78 Å². The van der Waals surface area contributed by atoms with Crippen molar-refractivity contribution >= 4 is 21.7 Å². The standard InChI is InChI=1S/C15H20BrNO/c1-12-3-2-9-17(11-12)10-8-15(18)13-4-6-14(16)7-5-13/h4-7,12H,2-3,8-11H2,1H3/t12-/m0/s1. The van der Waals surface area contributed by atoms with Crippen LogP contribution in [0.5, 0.6) is 0 Å². The van der Waals surface area contributed by atoms with Gasteiger partial charge in [0.2, 0.25) is 0 Å². The number of carbonyl (C=O) groups is 1. The van der Waals surface area contributed by atoms with E-state index >= 15 is 0 Å². The number of hydrogen-bond donors (Lipinski definition) is 0. The van der Waals surface area contributed by atoms with Gasteiger partial charge in [-0.2, -0.15) is 0 Å². The van der Waals surface area contributed by atoms with E-state index in [1.54, 1.807) is 0 Å². The molecular weight excluding hydrogens is 290 g/mol. The lowest BCUT2D eigenvalue weighted by atomic mass is 9.99. The van der Waals surface area contributed by atoms with E-state index in [1.165, 1.54) is 12.8 Å². The van der Waals surface area contributed by atoms with Crippen molar-refractivity contribution in [2.24, 2.45) is 5.92 Å². The molecule has 98 valence electrons. The van der Waals surface area contributed by atoms with Crippen molar-refractivity contribution in [3.8, 4) is 0 Å². The SMILES string of the molecule is C[C@H]1CCCN(CCC(=O)c2ccc(Br)cc2)C1. The topological polar surface area (TPSA) is 20.3 Å². The van der Waals surface area contributed by atoms with Crippen LogP contribution in [-0.2, 0) is 0 Å². The number of benzene rings is 1. The zero-order valence-corrected chi connectivity index (χ0v) is 12.4. The fraction of sp³-hybridized carbons (Fsp3) is 0.533. The van der Waals surface area contributed by atoms with Gasteiger partial charge in [0.05, 0.1) is 0 Å². The smallest absolute Gasteiger partial charge is 0.164 e. The number of hydrogen-bond acceptors (Lipinski definition) is 2. The fourth-order valence-corrected chi connectivity index (χ4v) is 2.79. The summed E-state index contributed by atoms with van der Waals surface area (Å²) in [4.78, 5) is 14.5. The quantitative estimate of drug-likeness (QED) is 0.789. The van der Waals surface area contributed by atoms with Crippen molar-refractivity contribution in [1.29, 1.82) is 0 Å². The summed E-state index contributed by atoms with van der Waals surface area (Å²) in [5, 5.41) is 0. The Hall–Kier alpha value is -0.670. The number of halogens is 1. The highest BCUT2D eigenvalue weighted by atomic mass is 79.9. The van der Waals surface area contributed by atoms with Crippen molar-refractivity contribution in [3.05, 3.63) is 34.3 Å². The van der Waals surface area contributed by atoms with Crippen molar-refractivity contribution in [2.75, 3.05) is 19.6 Å². The highest BCUT2D eigenvalue weighted by Gasteiger charge is 2.17. The Bertz CT molecular complexity index is 401. The van der Waals surface area contributed by atoms with Crippen LogP contribution >= 0.6 is 15.9 Å². The predicted molar refractivity (Wildman–Crippen MR) is 77.9 cm³/mol. The number of ketones is 1. The molecule has 1 aromatic carbocycles. The third-order valence-corrected chi connectivity index (χ3v) is 4.09. The van der Waals surface area contributed by atoms with E-state index in [1.807, 2.05) is 24.3 Å². The summed E-state index contributed by atoms with van der Waals surface area (Å²) in [6, 6.07) is 7.64. The van der Waals surface area contributed by atoms with Crippen molar-refractivity contribution in [3.63, 3.8) is 0 Å². The molecule has 0 aliphatic carbocycles. The van der Waals surface area contributed by atoms with Gasteiger partial charge in [0, 0.05) is 29.5 Å². The van der Waals surface area contributed by atoms with Crippen LogP contribution in [0.4, 0.5) is 0 Å². The minimum atomic E-state index is 0.251. The Balaban J connectivity index is 1.82. The number of rotatable bonds is 4. The Morgan fingerprint density at radius 3 is 2.78 bits per heavy atom. The molecule has 0 aromatic heterocycles. The van der Waals surface area contributed by atoms with Gasteiger partial charge in [0.15, 0.2) is 5.78 Å². The van der Waals surface area contributed by atoms with E-state index in [0.29, 0.717) is 6.42 Å². The van der Waals surface area contributed by atoms with Crippen LogP contribution in [0.2, 0.25) is 0 Å². The van der Waals surface area contributed by atoms with Gasteiger partial charge in [0.1, 0.15) is 0 Å². The molecule has 1 fully saturated rings. The minimum absolute atomic E-state index is 0.251. The molecule has 0 bridgehead atoms. The van der Waals surface area contributed by atoms with Crippen LogP contribution < -0.4 is 0 Å². The molecule has 1 heterocycles. The van der Waals surface area contributed by atoms with Gasteiger partial charge in [-0.15, -0.1) is 0 Å². The minimum Gasteiger partial charge on any atom is -0.303 e. The molecular formula is C15H20BrNO. The number of piperidine rings is 1. The first-order chi connectivity index (χ1) is 8.65. The van der Waals surface area contributed by atoms with Crippen molar-refractivity contribution in [1.82, 2.24) is 4.90 Å². The molecule has 0 radical (unpaired) electrons. The van der Waals surface area contributed by atoms with Crippen LogP contribution in [0.3, 0.4) is 0 Å². The highest BCUT2D eigenvalue weighted by Crippen LogP contribution is 2.16. The van der Waals surface area contributed by atoms with Gasteiger partial charge in [-0.1, -0.05) is 35.0 Å². The molecule has 1 saturated heterocycles. The van der Waals surface area contributed by atoms with Crippen molar-refractivity contribution in [2.45, 2.75) is 26.2 Å². The molecule has 1 atom stereocenters. The number of Topliss-reactive ketones (excluding diaryl/α,β-unsaturated/α-hetero) is 1. The Kier molecular flexibility index (Phi) is 4.95. The maximum absolute atomic E-state index is 12.0. The van der Waals surface area contributed by atoms with E-state index < -0.39 is 0 Å². The molecule has 2 nitrogen and oxygen atoms in total. The summed E-state index contributed by atoms with van der Waals surface area (Å²) < 4.78 is 1.02. The second-order valence-electron chi connectivity index (χ2n) is 5.23. The molecule has 0 N–H and O–H groups in total. The summed E-state index contributed by atoms with van der Waals surface area (Å²) in [7, 11) is 0. The normalized spacial score (nSPS) is 20.9. The Labute approximate surface area is 117 Å². The fourth-order valence-electron chi connectivity index (χ4n) is 2.53. The van der Waals surface area contributed by atoms with Crippen LogP contribution in [-0.4, -0.2) is 30.3 Å². The monoisotopic (exact) mass is 309 g/mol. The van der Waals surface area contributed by atoms with Gasteiger partial charge in [-0.25, -0.2) is 0 Å². The maximum atomic E-state index is 12.0. The lowest BCUT2D eigenvalue weighted by Gasteiger charge is -2.30. The summed E-state index contributed by atoms with van der Waals surface area (Å²) in [6.07, 6.45) is 3.24.